The minimum atomic E-state index is -1.13. The van der Waals surface area contributed by atoms with Gasteiger partial charge in [-0.05, 0) is 15.9 Å². The summed E-state index contributed by atoms with van der Waals surface area (Å²) in [5.41, 5.74) is -1.54. The lowest BCUT2D eigenvalue weighted by molar-refractivity contribution is -0.387. The average molecular weight is 308 g/mol. The molecule has 0 saturated carbocycles. The van der Waals surface area contributed by atoms with E-state index >= 15 is 0 Å². The van der Waals surface area contributed by atoms with Crippen LogP contribution < -0.4 is 0 Å². The first-order valence-electron chi connectivity index (χ1n) is 4.69. The zero-order chi connectivity index (χ0) is 13.4. The molecule has 94 valence electrons. The standard InChI is InChI=1S/C10H11BrFNO4/c1-10(2,4-14)5-3-6(13(16)17)8(12)7(11)9(5)15/h3,14-15H,4H2,1-2H3. The smallest absolute Gasteiger partial charge is 0.306 e. The zero-order valence-corrected chi connectivity index (χ0v) is 10.8. The third kappa shape index (κ3) is 2.39. The van der Waals surface area contributed by atoms with Crippen LogP contribution in [-0.4, -0.2) is 21.7 Å². The lowest BCUT2D eigenvalue weighted by atomic mass is 9.84. The van der Waals surface area contributed by atoms with Gasteiger partial charge in [-0.15, -0.1) is 0 Å². The summed E-state index contributed by atoms with van der Waals surface area (Å²) < 4.78 is 13.1. The highest BCUT2D eigenvalue weighted by Crippen LogP contribution is 2.41. The fraction of sp³-hybridized carbons (Fsp3) is 0.400. The van der Waals surface area contributed by atoms with Crippen molar-refractivity contribution in [3.05, 3.63) is 32.0 Å². The summed E-state index contributed by atoms with van der Waals surface area (Å²) in [5.74, 6) is -1.57. The number of aliphatic hydroxyl groups excluding tert-OH is 1. The summed E-state index contributed by atoms with van der Waals surface area (Å²) >= 11 is 2.76. The van der Waals surface area contributed by atoms with Crippen molar-refractivity contribution in [2.24, 2.45) is 0 Å². The topological polar surface area (TPSA) is 83.6 Å². The molecule has 1 rings (SSSR count). The van der Waals surface area contributed by atoms with Crippen molar-refractivity contribution >= 4 is 21.6 Å². The van der Waals surface area contributed by atoms with Gasteiger partial charge >= 0.3 is 5.69 Å². The molecule has 0 unspecified atom stereocenters. The molecule has 0 amide bonds. The highest BCUT2D eigenvalue weighted by atomic mass is 79.9. The highest BCUT2D eigenvalue weighted by molar-refractivity contribution is 9.10. The normalized spacial score (nSPS) is 11.6. The Balaban J connectivity index is 3.59. The van der Waals surface area contributed by atoms with Crippen LogP contribution in [0.2, 0.25) is 0 Å². The van der Waals surface area contributed by atoms with Crippen molar-refractivity contribution in [2.45, 2.75) is 19.3 Å². The highest BCUT2D eigenvalue weighted by Gasteiger charge is 2.31. The van der Waals surface area contributed by atoms with E-state index in [4.69, 9.17) is 0 Å². The molecule has 7 heteroatoms. The molecular formula is C10H11BrFNO4. The number of phenolic OH excluding ortho intramolecular Hbond substituents is 1. The van der Waals surface area contributed by atoms with E-state index in [1.54, 1.807) is 13.8 Å². The minimum absolute atomic E-state index is 0.111. The summed E-state index contributed by atoms with van der Waals surface area (Å²) in [6, 6.07) is 0.936. The summed E-state index contributed by atoms with van der Waals surface area (Å²) in [7, 11) is 0. The van der Waals surface area contributed by atoms with Crippen molar-refractivity contribution in [1.82, 2.24) is 0 Å². The lowest BCUT2D eigenvalue weighted by Gasteiger charge is -2.23. The van der Waals surface area contributed by atoms with Gasteiger partial charge in [-0.2, -0.15) is 4.39 Å². The fourth-order valence-electron chi connectivity index (χ4n) is 1.34. The Morgan fingerprint density at radius 3 is 2.53 bits per heavy atom. The maximum absolute atomic E-state index is 13.5. The van der Waals surface area contributed by atoms with Gasteiger partial charge in [0.25, 0.3) is 0 Å². The van der Waals surface area contributed by atoms with Gasteiger partial charge in [-0.3, -0.25) is 10.1 Å². The predicted molar refractivity (Wildman–Crippen MR) is 62.5 cm³/mol. The molecule has 17 heavy (non-hydrogen) atoms. The van der Waals surface area contributed by atoms with Gasteiger partial charge in [-0.1, -0.05) is 13.8 Å². The summed E-state index contributed by atoms with van der Waals surface area (Å²) in [6.07, 6.45) is 0. The SMILES string of the molecule is CC(C)(CO)c1cc([N+](=O)[O-])c(F)c(Br)c1O. The monoisotopic (exact) mass is 307 g/mol. The average Bonchev–Trinajstić information content (AvgIpc) is 2.25. The second-order valence-electron chi connectivity index (χ2n) is 4.22. The van der Waals surface area contributed by atoms with Crippen LogP contribution in [0.15, 0.2) is 10.5 Å². The number of hydrogen-bond donors (Lipinski definition) is 2. The van der Waals surface area contributed by atoms with Crippen LogP contribution in [0, 0.1) is 15.9 Å². The van der Waals surface area contributed by atoms with Gasteiger partial charge in [-0.25, -0.2) is 0 Å². The van der Waals surface area contributed by atoms with Crippen LogP contribution >= 0.6 is 15.9 Å². The van der Waals surface area contributed by atoms with Crippen LogP contribution in [0.4, 0.5) is 10.1 Å². The number of aromatic hydroxyl groups is 1. The van der Waals surface area contributed by atoms with E-state index < -0.39 is 27.6 Å². The number of aliphatic hydroxyl groups is 1. The molecule has 0 spiro atoms. The molecular weight excluding hydrogens is 297 g/mol. The van der Waals surface area contributed by atoms with E-state index in [1.807, 2.05) is 0 Å². The van der Waals surface area contributed by atoms with Gasteiger partial charge in [0.2, 0.25) is 5.82 Å². The summed E-state index contributed by atoms with van der Waals surface area (Å²) in [6.45, 7) is 2.82. The zero-order valence-electron chi connectivity index (χ0n) is 9.20. The summed E-state index contributed by atoms with van der Waals surface area (Å²) in [4.78, 5) is 9.77. The lowest BCUT2D eigenvalue weighted by Crippen LogP contribution is -2.22. The number of hydrogen-bond acceptors (Lipinski definition) is 4. The van der Waals surface area contributed by atoms with E-state index in [1.165, 1.54) is 0 Å². The largest absolute Gasteiger partial charge is 0.506 e. The van der Waals surface area contributed by atoms with Crippen LogP contribution in [0.3, 0.4) is 0 Å². The number of phenols is 1. The first kappa shape index (κ1) is 13.9. The van der Waals surface area contributed by atoms with E-state index in [9.17, 15) is 24.7 Å². The van der Waals surface area contributed by atoms with Crippen molar-refractivity contribution in [3.63, 3.8) is 0 Å². The van der Waals surface area contributed by atoms with Crippen molar-refractivity contribution in [1.29, 1.82) is 0 Å². The van der Waals surface area contributed by atoms with Gasteiger partial charge < -0.3 is 10.2 Å². The van der Waals surface area contributed by atoms with Crippen molar-refractivity contribution in [2.75, 3.05) is 6.61 Å². The Morgan fingerprint density at radius 1 is 1.59 bits per heavy atom. The molecule has 0 aliphatic heterocycles. The van der Waals surface area contributed by atoms with Gasteiger partial charge in [0.15, 0.2) is 0 Å². The third-order valence-corrected chi connectivity index (χ3v) is 3.21. The van der Waals surface area contributed by atoms with Gasteiger partial charge in [0.05, 0.1) is 11.5 Å². The third-order valence-electron chi connectivity index (χ3n) is 2.48. The van der Waals surface area contributed by atoms with Crippen molar-refractivity contribution in [3.8, 4) is 5.75 Å². The fourth-order valence-corrected chi connectivity index (χ4v) is 1.75. The molecule has 5 nitrogen and oxygen atoms in total. The van der Waals surface area contributed by atoms with Gasteiger partial charge in [0.1, 0.15) is 10.2 Å². The molecule has 1 aromatic rings. The number of nitrogens with zero attached hydrogens (tertiary/aromatic N) is 1. The molecule has 0 aromatic heterocycles. The molecule has 0 aliphatic rings. The molecule has 2 N–H and O–H groups in total. The number of benzene rings is 1. The van der Waals surface area contributed by atoms with E-state index in [-0.39, 0.29) is 16.6 Å². The second kappa shape index (κ2) is 4.58. The first-order valence-corrected chi connectivity index (χ1v) is 5.48. The summed E-state index contributed by atoms with van der Waals surface area (Å²) in [5, 5.41) is 29.6. The molecule has 0 saturated heterocycles. The minimum Gasteiger partial charge on any atom is -0.506 e. The molecule has 1 aromatic carbocycles. The molecule has 0 aliphatic carbocycles. The van der Waals surface area contributed by atoms with E-state index in [0.29, 0.717) is 0 Å². The van der Waals surface area contributed by atoms with Crippen LogP contribution in [0.5, 0.6) is 5.75 Å². The maximum Gasteiger partial charge on any atom is 0.306 e. The first-order chi connectivity index (χ1) is 7.72. The second-order valence-corrected chi connectivity index (χ2v) is 5.01. The quantitative estimate of drug-likeness (QED) is 0.663. The van der Waals surface area contributed by atoms with Gasteiger partial charge in [0, 0.05) is 17.0 Å². The Hall–Kier alpha value is -1.21. The number of rotatable bonds is 3. The van der Waals surface area contributed by atoms with E-state index in [2.05, 4.69) is 15.9 Å². The molecule has 0 atom stereocenters. The molecule has 0 heterocycles. The number of nitro benzene ring substituents is 1. The molecule has 0 radical (unpaired) electrons. The van der Waals surface area contributed by atoms with Crippen LogP contribution in [0.25, 0.3) is 0 Å². The Kier molecular flexibility index (Phi) is 3.73. The maximum atomic E-state index is 13.5. The van der Waals surface area contributed by atoms with Crippen LogP contribution in [0.1, 0.15) is 19.4 Å². The van der Waals surface area contributed by atoms with Crippen molar-refractivity contribution < 1.29 is 19.5 Å². The van der Waals surface area contributed by atoms with Crippen LogP contribution in [-0.2, 0) is 5.41 Å². The number of halogens is 2. The number of nitro groups is 1. The Bertz CT molecular complexity index is 476. The Labute approximate surface area is 105 Å². The molecule has 0 bridgehead atoms. The predicted octanol–water partition coefficient (Wildman–Crippen LogP) is 2.47. The Morgan fingerprint density at radius 2 is 2.12 bits per heavy atom. The van der Waals surface area contributed by atoms with E-state index in [0.717, 1.165) is 6.07 Å². The molecule has 0 fully saturated rings.